The summed E-state index contributed by atoms with van der Waals surface area (Å²) in [6.45, 7) is 3.76. The summed E-state index contributed by atoms with van der Waals surface area (Å²) in [5, 5.41) is 0. The molecule has 90 valence electrons. The van der Waals surface area contributed by atoms with Gasteiger partial charge in [0.1, 0.15) is 0 Å². The second-order valence-electron chi connectivity index (χ2n) is 4.60. The van der Waals surface area contributed by atoms with E-state index in [2.05, 4.69) is 12.3 Å². The molecule has 0 aromatic heterocycles. The maximum absolute atomic E-state index is 5.61. The van der Waals surface area contributed by atoms with Crippen molar-refractivity contribution in [3.05, 3.63) is 0 Å². The third kappa shape index (κ3) is 4.96. The van der Waals surface area contributed by atoms with E-state index in [-0.39, 0.29) is 0 Å². The topological polar surface area (TPSA) is 47.3 Å². The van der Waals surface area contributed by atoms with Gasteiger partial charge in [-0.15, -0.1) is 0 Å². The monoisotopic (exact) mass is 214 g/mol. The van der Waals surface area contributed by atoms with Crippen LogP contribution in [0.2, 0.25) is 0 Å². The van der Waals surface area contributed by atoms with Crippen LogP contribution >= 0.6 is 0 Å². The fourth-order valence-electron chi connectivity index (χ4n) is 2.39. The Balaban J connectivity index is 2.27. The molecule has 1 atom stereocenters. The van der Waals surface area contributed by atoms with Crippen molar-refractivity contribution in [2.75, 3.05) is 13.2 Å². The number of nitrogens with one attached hydrogen (secondary N) is 1. The minimum atomic E-state index is 0.356. The quantitative estimate of drug-likeness (QED) is 0.308. The number of rotatable bonds is 6. The van der Waals surface area contributed by atoms with Gasteiger partial charge in [-0.05, 0) is 25.2 Å². The van der Waals surface area contributed by atoms with Crippen LogP contribution in [0.4, 0.5) is 0 Å². The normalized spacial score (nSPS) is 21.2. The van der Waals surface area contributed by atoms with E-state index in [1.165, 1.54) is 38.5 Å². The second kappa shape index (κ2) is 8.08. The molecule has 3 heteroatoms. The lowest BCUT2D eigenvalue weighted by Crippen LogP contribution is -2.44. The van der Waals surface area contributed by atoms with Gasteiger partial charge >= 0.3 is 0 Å². The van der Waals surface area contributed by atoms with Crippen molar-refractivity contribution >= 4 is 0 Å². The van der Waals surface area contributed by atoms with Crippen molar-refractivity contribution in [3.8, 4) is 0 Å². The Morgan fingerprint density at radius 2 is 1.93 bits per heavy atom. The molecule has 1 unspecified atom stereocenters. The first-order valence-electron chi connectivity index (χ1n) is 6.42. The minimum Gasteiger partial charge on any atom is -0.380 e. The predicted octanol–water partition coefficient (Wildman–Crippen LogP) is 2.22. The molecule has 1 fully saturated rings. The largest absolute Gasteiger partial charge is 0.380 e. The Morgan fingerprint density at radius 1 is 1.27 bits per heavy atom. The maximum atomic E-state index is 5.61. The highest BCUT2D eigenvalue weighted by atomic mass is 16.5. The molecule has 3 N–H and O–H groups in total. The van der Waals surface area contributed by atoms with Crippen LogP contribution < -0.4 is 11.3 Å². The first-order valence-corrected chi connectivity index (χ1v) is 6.42. The maximum Gasteiger partial charge on any atom is 0.0635 e. The smallest absolute Gasteiger partial charge is 0.0635 e. The first-order chi connectivity index (χ1) is 7.38. The van der Waals surface area contributed by atoms with Crippen LogP contribution in [0.1, 0.15) is 51.9 Å². The highest BCUT2D eigenvalue weighted by molar-refractivity contribution is 4.76. The minimum absolute atomic E-state index is 0.356. The van der Waals surface area contributed by atoms with E-state index in [0.29, 0.717) is 12.0 Å². The van der Waals surface area contributed by atoms with Gasteiger partial charge in [0.25, 0.3) is 0 Å². The highest BCUT2D eigenvalue weighted by Crippen LogP contribution is 2.25. The summed E-state index contributed by atoms with van der Waals surface area (Å²) in [4.78, 5) is 0. The van der Waals surface area contributed by atoms with Crippen LogP contribution in [-0.2, 0) is 4.74 Å². The lowest BCUT2D eigenvalue weighted by atomic mass is 9.93. The molecule has 0 saturated heterocycles. The Kier molecular flexibility index (Phi) is 6.98. The van der Waals surface area contributed by atoms with E-state index in [1.807, 2.05) is 0 Å². The molecular weight excluding hydrogens is 188 g/mol. The molecule has 1 aliphatic rings. The summed E-state index contributed by atoms with van der Waals surface area (Å²) in [5.41, 5.74) is 2.93. The molecule has 1 aliphatic carbocycles. The van der Waals surface area contributed by atoms with Crippen LogP contribution in [0, 0.1) is 5.92 Å². The molecule has 0 aromatic rings. The molecule has 1 saturated carbocycles. The van der Waals surface area contributed by atoms with Gasteiger partial charge in [-0.2, -0.15) is 0 Å². The summed E-state index contributed by atoms with van der Waals surface area (Å²) in [6.07, 6.45) is 9.21. The van der Waals surface area contributed by atoms with Gasteiger partial charge in [0.05, 0.1) is 6.61 Å². The fourth-order valence-corrected chi connectivity index (χ4v) is 2.39. The van der Waals surface area contributed by atoms with Gasteiger partial charge in [-0.1, -0.05) is 32.6 Å². The average Bonchev–Trinajstić information content (AvgIpc) is 2.53. The van der Waals surface area contributed by atoms with Crippen LogP contribution in [0.5, 0.6) is 0 Å². The Morgan fingerprint density at radius 3 is 2.47 bits per heavy atom. The molecule has 0 aromatic carbocycles. The van der Waals surface area contributed by atoms with Gasteiger partial charge in [0.15, 0.2) is 0 Å². The van der Waals surface area contributed by atoms with E-state index in [4.69, 9.17) is 10.6 Å². The van der Waals surface area contributed by atoms with Crippen LogP contribution in [-0.4, -0.2) is 19.3 Å². The number of ether oxygens (including phenoxy) is 1. The average molecular weight is 214 g/mol. The molecule has 0 radical (unpaired) electrons. The molecule has 0 spiro atoms. The summed E-state index contributed by atoms with van der Waals surface area (Å²) in [7, 11) is 0. The first kappa shape index (κ1) is 12.9. The third-order valence-corrected chi connectivity index (χ3v) is 3.33. The van der Waals surface area contributed by atoms with Gasteiger partial charge in [-0.25, -0.2) is 0 Å². The highest BCUT2D eigenvalue weighted by Gasteiger charge is 2.21. The number of hydrazine groups is 1. The Bertz CT molecular complexity index is 145. The molecule has 0 heterocycles. The van der Waals surface area contributed by atoms with Gasteiger partial charge in [-0.3, -0.25) is 11.3 Å². The summed E-state index contributed by atoms with van der Waals surface area (Å²) in [5.74, 6) is 6.32. The van der Waals surface area contributed by atoms with Crippen molar-refractivity contribution in [2.45, 2.75) is 57.9 Å². The molecule has 15 heavy (non-hydrogen) atoms. The Labute approximate surface area is 93.7 Å². The number of hydrogen-bond acceptors (Lipinski definition) is 3. The summed E-state index contributed by atoms with van der Waals surface area (Å²) in [6, 6.07) is 0.356. The van der Waals surface area contributed by atoms with Crippen LogP contribution in [0.25, 0.3) is 0 Å². The molecular formula is C12H26N2O. The van der Waals surface area contributed by atoms with E-state index >= 15 is 0 Å². The molecule has 1 rings (SSSR count). The zero-order valence-electron chi connectivity index (χ0n) is 10.0. The van der Waals surface area contributed by atoms with E-state index in [9.17, 15) is 0 Å². The van der Waals surface area contributed by atoms with Crippen molar-refractivity contribution in [1.29, 1.82) is 0 Å². The Hall–Kier alpha value is -0.120. The molecule has 0 aliphatic heterocycles. The van der Waals surface area contributed by atoms with Crippen molar-refractivity contribution in [3.63, 3.8) is 0 Å². The zero-order valence-corrected chi connectivity index (χ0v) is 10.0. The lowest BCUT2D eigenvalue weighted by Gasteiger charge is -2.25. The fraction of sp³-hybridized carbons (Fsp3) is 1.00. The van der Waals surface area contributed by atoms with Crippen molar-refractivity contribution in [2.24, 2.45) is 11.8 Å². The number of nitrogens with two attached hydrogens (primary N) is 1. The van der Waals surface area contributed by atoms with Gasteiger partial charge < -0.3 is 4.74 Å². The standard InChI is InChI=1S/C12H26N2O/c1-2-9-15-10-12(14-13)11-7-5-3-4-6-8-11/h11-12,14H,2-10,13H2,1H3. The summed E-state index contributed by atoms with van der Waals surface area (Å²) >= 11 is 0. The molecule has 0 bridgehead atoms. The van der Waals surface area contributed by atoms with Crippen LogP contribution in [0.15, 0.2) is 0 Å². The van der Waals surface area contributed by atoms with E-state index < -0.39 is 0 Å². The third-order valence-electron chi connectivity index (χ3n) is 3.33. The SMILES string of the molecule is CCCOCC(NN)C1CCCCCC1. The lowest BCUT2D eigenvalue weighted by molar-refractivity contribution is 0.0899. The van der Waals surface area contributed by atoms with Gasteiger partial charge in [0, 0.05) is 12.6 Å². The zero-order chi connectivity index (χ0) is 10.9. The predicted molar refractivity (Wildman–Crippen MR) is 63.4 cm³/mol. The summed E-state index contributed by atoms with van der Waals surface area (Å²) < 4.78 is 5.59. The molecule has 0 amide bonds. The second-order valence-corrected chi connectivity index (χ2v) is 4.60. The molecule has 3 nitrogen and oxygen atoms in total. The van der Waals surface area contributed by atoms with E-state index in [0.717, 1.165) is 19.6 Å². The van der Waals surface area contributed by atoms with Crippen molar-refractivity contribution in [1.82, 2.24) is 5.43 Å². The van der Waals surface area contributed by atoms with E-state index in [1.54, 1.807) is 0 Å². The van der Waals surface area contributed by atoms with Gasteiger partial charge in [0.2, 0.25) is 0 Å². The number of hydrogen-bond donors (Lipinski definition) is 2. The van der Waals surface area contributed by atoms with Crippen molar-refractivity contribution < 1.29 is 4.74 Å². The van der Waals surface area contributed by atoms with Crippen LogP contribution in [0.3, 0.4) is 0 Å².